The van der Waals surface area contributed by atoms with Crippen molar-refractivity contribution in [3.63, 3.8) is 0 Å². The van der Waals surface area contributed by atoms with Crippen LogP contribution in [0.3, 0.4) is 0 Å². The quantitative estimate of drug-likeness (QED) is 0.573. The molecule has 0 atom stereocenters. The first-order valence-electron chi connectivity index (χ1n) is 7.51. The monoisotopic (exact) mass is 335 g/mol. The molecule has 0 bridgehead atoms. The van der Waals surface area contributed by atoms with Crippen molar-refractivity contribution >= 4 is 16.8 Å². The fourth-order valence-electron chi connectivity index (χ4n) is 2.73. The van der Waals surface area contributed by atoms with Crippen LogP contribution in [-0.4, -0.2) is 20.7 Å². The van der Waals surface area contributed by atoms with E-state index < -0.39 is 23.0 Å². The van der Waals surface area contributed by atoms with E-state index in [-0.39, 0.29) is 5.56 Å². The van der Waals surface area contributed by atoms with E-state index in [2.05, 4.69) is 15.0 Å². The molecule has 0 unspecified atom stereocenters. The normalized spacial score (nSPS) is 11.0. The Hall–Kier alpha value is -3.41. The highest BCUT2D eigenvalue weighted by atomic mass is 19.1. The second-order valence-corrected chi connectivity index (χ2v) is 5.49. The molecule has 1 aromatic carbocycles. The third-order valence-corrected chi connectivity index (χ3v) is 3.96. The van der Waals surface area contributed by atoms with Gasteiger partial charge in [0.05, 0.1) is 5.56 Å². The number of fused-ring (bicyclic) bond motifs is 1. The van der Waals surface area contributed by atoms with Crippen molar-refractivity contribution in [2.24, 2.45) is 0 Å². The molecule has 0 radical (unpaired) electrons. The summed E-state index contributed by atoms with van der Waals surface area (Å²) in [6, 6.07) is 8.74. The molecule has 3 aromatic heterocycles. The van der Waals surface area contributed by atoms with E-state index in [1.54, 1.807) is 30.7 Å². The molecule has 1 N–H and O–H groups in total. The molecule has 0 aliphatic rings. The number of hydrogen-bond donors (Lipinski definition) is 1. The summed E-state index contributed by atoms with van der Waals surface area (Å²) in [6.45, 7) is 0. The van der Waals surface area contributed by atoms with E-state index in [4.69, 9.17) is 0 Å². The molecule has 0 fully saturated rings. The van der Waals surface area contributed by atoms with Crippen LogP contribution in [-0.2, 0) is 0 Å². The number of pyridine rings is 2. The van der Waals surface area contributed by atoms with Crippen molar-refractivity contribution in [3.05, 3.63) is 83.9 Å². The Bertz CT molecular complexity index is 1070. The highest BCUT2D eigenvalue weighted by molar-refractivity contribution is 6.16. The molecule has 122 valence electrons. The van der Waals surface area contributed by atoms with E-state index in [0.717, 1.165) is 23.3 Å². The summed E-state index contributed by atoms with van der Waals surface area (Å²) in [4.78, 5) is 23.9. The van der Waals surface area contributed by atoms with Gasteiger partial charge in [0.2, 0.25) is 5.78 Å². The Balaban J connectivity index is 1.87. The molecular formula is C19H11F2N3O. The minimum absolute atomic E-state index is 0.164. The van der Waals surface area contributed by atoms with Crippen LogP contribution in [0.2, 0.25) is 0 Å². The minimum Gasteiger partial charge on any atom is -0.345 e. The predicted molar refractivity (Wildman–Crippen MR) is 89.1 cm³/mol. The SMILES string of the molecule is O=C(c1c(F)cccc1F)c1c[nH]c2ncc(-c3cccnc3)cc12. The third kappa shape index (κ3) is 2.57. The van der Waals surface area contributed by atoms with E-state index in [0.29, 0.717) is 11.0 Å². The van der Waals surface area contributed by atoms with E-state index in [9.17, 15) is 13.6 Å². The number of carbonyl (C=O) groups excluding carboxylic acids is 1. The van der Waals surface area contributed by atoms with Crippen LogP contribution < -0.4 is 0 Å². The summed E-state index contributed by atoms with van der Waals surface area (Å²) < 4.78 is 27.9. The lowest BCUT2D eigenvalue weighted by Gasteiger charge is -2.04. The molecule has 0 aliphatic heterocycles. The summed E-state index contributed by atoms with van der Waals surface area (Å²) in [5.74, 6) is -2.52. The van der Waals surface area contributed by atoms with Crippen molar-refractivity contribution in [2.75, 3.05) is 0 Å². The Kier molecular flexibility index (Phi) is 3.57. The Morgan fingerprint density at radius 1 is 1.00 bits per heavy atom. The van der Waals surface area contributed by atoms with Gasteiger partial charge in [0.1, 0.15) is 17.3 Å². The second-order valence-electron chi connectivity index (χ2n) is 5.49. The van der Waals surface area contributed by atoms with Gasteiger partial charge in [-0.15, -0.1) is 0 Å². The number of carbonyl (C=O) groups is 1. The van der Waals surface area contributed by atoms with Crippen molar-refractivity contribution in [3.8, 4) is 11.1 Å². The zero-order valence-corrected chi connectivity index (χ0v) is 12.8. The standard InChI is InChI=1S/C19H11F2N3O/c20-15-4-1-5-16(21)17(15)18(25)14-10-24-19-13(14)7-12(9-23-19)11-3-2-6-22-8-11/h1-10H,(H,23,24). The molecule has 0 spiro atoms. The van der Waals surface area contributed by atoms with Gasteiger partial charge in [-0.25, -0.2) is 13.8 Å². The Morgan fingerprint density at radius 3 is 2.52 bits per heavy atom. The number of ketones is 1. The maximum atomic E-state index is 13.9. The Labute approximate surface area is 141 Å². The van der Waals surface area contributed by atoms with Crippen LogP contribution in [0.15, 0.2) is 61.2 Å². The zero-order chi connectivity index (χ0) is 17.4. The van der Waals surface area contributed by atoms with Gasteiger partial charge in [0.15, 0.2) is 0 Å². The molecule has 4 aromatic rings. The largest absolute Gasteiger partial charge is 0.345 e. The fourth-order valence-corrected chi connectivity index (χ4v) is 2.73. The van der Waals surface area contributed by atoms with Gasteiger partial charge in [0.25, 0.3) is 0 Å². The molecular weight excluding hydrogens is 324 g/mol. The summed E-state index contributed by atoms with van der Waals surface area (Å²) in [6.07, 6.45) is 6.39. The van der Waals surface area contributed by atoms with Gasteiger partial charge < -0.3 is 4.98 Å². The lowest BCUT2D eigenvalue weighted by atomic mass is 10.0. The average Bonchev–Trinajstić information content (AvgIpc) is 3.05. The molecule has 0 amide bonds. The van der Waals surface area contributed by atoms with Crippen LogP contribution in [0.1, 0.15) is 15.9 Å². The fraction of sp³-hybridized carbons (Fsp3) is 0. The maximum Gasteiger partial charge on any atom is 0.201 e. The van der Waals surface area contributed by atoms with Crippen molar-refractivity contribution in [1.82, 2.24) is 15.0 Å². The molecule has 4 nitrogen and oxygen atoms in total. The van der Waals surface area contributed by atoms with Gasteiger partial charge in [-0.05, 0) is 24.3 Å². The van der Waals surface area contributed by atoms with E-state index >= 15 is 0 Å². The molecule has 0 saturated carbocycles. The number of aromatic nitrogens is 3. The van der Waals surface area contributed by atoms with Crippen LogP contribution in [0.25, 0.3) is 22.2 Å². The first-order chi connectivity index (χ1) is 12.1. The predicted octanol–water partition coefficient (Wildman–Crippen LogP) is 4.13. The molecule has 25 heavy (non-hydrogen) atoms. The topological polar surface area (TPSA) is 58.6 Å². The first-order valence-corrected chi connectivity index (χ1v) is 7.51. The van der Waals surface area contributed by atoms with E-state index in [1.807, 2.05) is 6.07 Å². The average molecular weight is 335 g/mol. The second kappa shape index (κ2) is 5.90. The van der Waals surface area contributed by atoms with E-state index in [1.165, 1.54) is 12.3 Å². The highest BCUT2D eigenvalue weighted by Gasteiger charge is 2.22. The lowest BCUT2D eigenvalue weighted by molar-refractivity contribution is 0.103. The summed E-state index contributed by atoms with van der Waals surface area (Å²) >= 11 is 0. The summed E-state index contributed by atoms with van der Waals surface area (Å²) in [5.41, 5.74) is 1.64. The smallest absolute Gasteiger partial charge is 0.201 e. The van der Waals surface area contributed by atoms with Crippen molar-refractivity contribution < 1.29 is 13.6 Å². The molecule has 0 aliphatic carbocycles. The van der Waals surface area contributed by atoms with Crippen molar-refractivity contribution in [1.29, 1.82) is 0 Å². The summed E-state index contributed by atoms with van der Waals surface area (Å²) in [7, 11) is 0. The van der Waals surface area contributed by atoms with Crippen molar-refractivity contribution in [2.45, 2.75) is 0 Å². The van der Waals surface area contributed by atoms with Gasteiger partial charge in [-0.1, -0.05) is 12.1 Å². The number of benzene rings is 1. The van der Waals surface area contributed by atoms with Gasteiger partial charge in [-0.2, -0.15) is 0 Å². The van der Waals surface area contributed by atoms with Crippen LogP contribution >= 0.6 is 0 Å². The number of nitrogens with zero attached hydrogens (tertiary/aromatic N) is 2. The maximum absolute atomic E-state index is 13.9. The molecule has 0 saturated heterocycles. The number of hydrogen-bond acceptors (Lipinski definition) is 3. The third-order valence-electron chi connectivity index (χ3n) is 3.96. The number of aromatic amines is 1. The lowest BCUT2D eigenvalue weighted by Crippen LogP contribution is -2.07. The number of H-pyrrole nitrogens is 1. The van der Waals surface area contributed by atoms with Gasteiger partial charge in [-0.3, -0.25) is 9.78 Å². The highest BCUT2D eigenvalue weighted by Crippen LogP contribution is 2.27. The molecule has 3 heterocycles. The summed E-state index contributed by atoms with van der Waals surface area (Å²) in [5, 5.41) is 0.494. The molecule has 4 rings (SSSR count). The van der Waals surface area contributed by atoms with Crippen LogP contribution in [0.5, 0.6) is 0 Å². The first kappa shape index (κ1) is 15.1. The molecule has 6 heteroatoms. The zero-order valence-electron chi connectivity index (χ0n) is 12.8. The Morgan fingerprint density at radius 2 is 1.80 bits per heavy atom. The number of nitrogens with one attached hydrogen (secondary N) is 1. The van der Waals surface area contributed by atoms with Crippen LogP contribution in [0.4, 0.5) is 8.78 Å². The minimum atomic E-state index is -0.893. The van der Waals surface area contributed by atoms with Gasteiger partial charge in [0, 0.05) is 46.9 Å². The number of rotatable bonds is 3. The number of halogens is 2. The van der Waals surface area contributed by atoms with Gasteiger partial charge >= 0.3 is 0 Å². The van der Waals surface area contributed by atoms with Crippen LogP contribution in [0, 0.1) is 11.6 Å².